The van der Waals surface area contributed by atoms with E-state index in [9.17, 15) is 0 Å². The molecule has 3 rings (SSSR count). The van der Waals surface area contributed by atoms with Crippen LogP contribution >= 0.6 is 0 Å². The van der Waals surface area contributed by atoms with E-state index in [-0.39, 0.29) is 0 Å². The van der Waals surface area contributed by atoms with E-state index in [0.29, 0.717) is 0 Å². The molecule has 3 nitrogen and oxygen atoms in total. The minimum absolute atomic E-state index is 0.790. The molecule has 0 saturated heterocycles. The molecule has 2 aliphatic rings. The van der Waals surface area contributed by atoms with Crippen molar-refractivity contribution in [1.82, 2.24) is 4.90 Å². The van der Waals surface area contributed by atoms with Gasteiger partial charge in [0.2, 0.25) is 0 Å². The molecule has 0 unspecified atom stereocenters. The Labute approximate surface area is 121 Å². The highest BCUT2D eigenvalue weighted by Gasteiger charge is 2.16. The largest absolute Gasteiger partial charge is 0.385 e. The summed E-state index contributed by atoms with van der Waals surface area (Å²) in [6, 6.07) is 6.69. The van der Waals surface area contributed by atoms with E-state index < -0.39 is 0 Å². The van der Waals surface area contributed by atoms with Crippen LogP contribution in [-0.4, -0.2) is 38.3 Å². The van der Waals surface area contributed by atoms with Gasteiger partial charge in [-0.1, -0.05) is 18.2 Å². The van der Waals surface area contributed by atoms with Gasteiger partial charge in [0.05, 0.1) is 6.61 Å². The summed E-state index contributed by atoms with van der Waals surface area (Å²) in [5.41, 5.74) is 5.82. The lowest BCUT2D eigenvalue weighted by Crippen LogP contribution is -2.29. The highest BCUT2D eigenvalue weighted by Crippen LogP contribution is 2.26. The molecule has 0 saturated carbocycles. The van der Waals surface area contributed by atoms with E-state index in [4.69, 9.17) is 4.74 Å². The van der Waals surface area contributed by atoms with Crippen LogP contribution in [0.25, 0.3) is 0 Å². The second-order valence-corrected chi connectivity index (χ2v) is 5.75. The van der Waals surface area contributed by atoms with E-state index in [1.54, 1.807) is 7.11 Å². The Kier molecular flexibility index (Phi) is 4.38. The van der Waals surface area contributed by atoms with Crippen molar-refractivity contribution in [3.8, 4) is 0 Å². The van der Waals surface area contributed by atoms with Crippen molar-refractivity contribution in [2.24, 2.45) is 0 Å². The van der Waals surface area contributed by atoms with Crippen molar-refractivity contribution in [3.05, 3.63) is 41.0 Å². The summed E-state index contributed by atoms with van der Waals surface area (Å²) in [5.74, 6) is 0. The van der Waals surface area contributed by atoms with Crippen molar-refractivity contribution >= 4 is 5.69 Å². The first kappa shape index (κ1) is 13.7. The van der Waals surface area contributed by atoms with E-state index in [2.05, 4.69) is 34.5 Å². The minimum atomic E-state index is 0.790. The molecule has 108 valence electrons. The first-order chi connectivity index (χ1) is 9.86. The highest BCUT2D eigenvalue weighted by atomic mass is 16.5. The molecule has 2 heterocycles. The Morgan fingerprint density at radius 2 is 2.25 bits per heavy atom. The monoisotopic (exact) mass is 272 g/mol. The second-order valence-electron chi connectivity index (χ2n) is 5.75. The number of anilines is 1. The van der Waals surface area contributed by atoms with Gasteiger partial charge in [-0.05, 0) is 42.0 Å². The molecule has 0 fully saturated rings. The van der Waals surface area contributed by atoms with Gasteiger partial charge in [0.1, 0.15) is 0 Å². The number of hydrogen-bond acceptors (Lipinski definition) is 3. The third kappa shape index (κ3) is 3.05. The lowest BCUT2D eigenvalue weighted by molar-refractivity contribution is 0.210. The SMILES string of the molecule is COCC1=CCN(Cc2cccc3c2CCCN3)CC1. The van der Waals surface area contributed by atoms with Gasteiger partial charge in [-0.25, -0.2) is 0 Å². The smallest absolute Gasteiger partial charge is 0.0673 e. The first-order valence-corrected chi connectivity index (χ1v) is 7.60. The molecule has 0 aromatic heterocycles. The number of nitrogens with one attached hydrogen (secondary N) is 1. The third-order valence-electron chi connectivity index (χ3n) is 4.30. The molecule has 3 heteroatoms. The summed E-state index contributed by atoms with van der Waals surface area (Å²) in [7, 11) is 1.77. The molecule has 1 aromatic rings. The Balaban J connectivity index is 1.67. The maximum Gasteiger partial charge on any atom is 0.0673 e. The predicted molar refractivity (Wildman–Crippen MR) is 83.1 cm³/mol. The summed E-state index contributed by atoms with van der Waals surface area (Å²) in [6.45, 7) is 5.17. The Hall–Kier alpha value is -1.32. The van der Waals surface area contributed by atoms with Crippen LogP contribution in [0.1, 0.15) is 24.0 Å². The summed E-state index contributed by atoms with van der Waals surface area (Å²) in [4.78, 5) is 2.53. The summed E-state index contributed by atoms with van der Waals surface area (Å²) < 4.78 is 5.21. The van der Waals surface area contributed by atoms with Gasteiger partial charge in [0, 0.05) is 39.0 Å². The van der Waals surface area contributed by atoms with Crippen molar-refractivity contribution in [3.63, 3.8) is 0 Å². The van der Waals surface area contributed by atoms with E-state index in [1.165, 1.54) is 35.2 Å². The topological polar surface area (TPSA) is 24.5 Å². The molecule has 20 heavy (non-hydrogen) atoms. The van der Waals surface area contributed by atoms with Gasteiger partial charge in [-0.2, -0.15) is 0 Å². The van der Waals surface area contributed by atoms with Gasteiger partial charge < -0.3 is 10.1 Å². The minimum Gasteiger partial charge on any atom is -0.385 e. The van der Waals surface area contributed by atoms with Gasteiger partial charge in [0.15, 0.2) is 0 Å². The van der Waals surface area contributed by atoms with Crippen LogP contribution < -0.4 is 5.32 Å². The molecule has 0 bridgehead atoms. The van der Waals surface area contributed by atoms with Crippen LogP contribution in [0.4, 0.5) is 5.69 Å². The van der Waals surface area contributed by atoms with Crippen LogP contribution in [0.2, 0.25) is 0 Å². The number of hydrogen-bond donors (Lipinski definition) is 1. The number of rotatable bonds is 4. The molecule has 0 radical (unpaired) electrons. The lowest BCUT2D eigenvalue weighted by atomic mass is 9.97. The Bertz CT molecular complexity index is 496. The molecule has 2 aliphatic heterocycles. The number of nitrogens with zero attached hydrogens (tertiary/aromatic N) is 1. The zero-order valence-electron chi connectivity index (χ0n) is 12.3. The summed E-state index contributed by atoms with van der Waals surface area (Å²) in [6.07, 6.45) is 5.95. The van der Waals surface area contributed by atoms with Crippen LogP contribution in [-0.2, 0) is 17.7 Å². The highest BCUT2D eigenvalue weighted by molar-refractivity contribution is 5.56. The molecule has 1 aromatic carbocycles. The lowest BCUT2D eigenvalue weighted by Gasteiger charge is -2.28. The van der Waals surface area contributed by atoms with E-state index >= 15 is 0 Å². The number of methoxy groups -OCH3 is 1. The van der Waals surface area contributed by atoms with Crippen LogP contribution in [0.15, 0.2) is 29.8 Å². The fourth-order valence-corrected chi connectivity index (χ4v) is 3.19. The van der Waals surface area contributed by atoms with Crippen molar-refractivity contribution < 1.29 is 4.74 Å². The van der Waals surface area contributed by atoms with Crippen LogP contribution in [0.5, 0.6) is 0 Å². The Morgan fingerprint density at radius 3 is 3.05 bits per heavy atom. The summed E-state index contributed by atoms with van der Waals surface area (Å²) >= 11 is 0. The number of benzene rings is 1. The average Bonchev–Trinajstić information content (AvgIpc) is 2.50. The van der Waals surface area contributed by atoms with Gasteiger partial charge in [0.25, 0.3) is 0 Å². The zero-order chi connectivity index (χ0) is 13.8. The van der Waals surface area contributed by atoms with Crippen molar-refractivity contribution in [2.45, 2.75) is 25.8 Å². The molecule has 0 atom stereocenters. The average molecular weight is 272 g/mol. The normalized spacial score (nSPS) is 19.1. The standard InChI is InChI=1S/C17H24N2O/c1-20-13-14-7-10-19(11-8-14)12-15-4-2-6-17-16(15)5-3-9-18-17/h2,4,6-7,18H,3,5,8-13H2,1H3. The predicted octanol–water partition coefficient (Wildman–Crippen LogP) is 2.82. The first-order valence-electron chi connectivity index (χ1n) is 7.60. The summed E-state index contributed by atoms with van der Waals surface area (Å²) in [5, 5.41) is 3.52. The maximum absolute atomic E-state index is 5.21. The molecule has 0 aliphatic carbocycles. The van der Waals surface area contributed by atoms with E-state index in [1.807, 2.05) is 0 Å². The fourth-order valence-electron chi connectivity index (χ4n) is 3.19. The zero-order valence-corrected chi connectivity index (χ0v) is 12.3. The van der Waals surface area contributed by atoms with E-state index in [0.717, 1.165) is 39.2 Å². The second kappa shape index (κ2) is 6.42. The Morgan fingerprint density at radius 1 is 1.30 bits per heavy atom. The van der Waals surface area contributed by atoms with Gasteiger partial charge in [-0.3, -0.25) is 4.90 Å². The van der Waals surface area contributed by atoms with Crippen LogP contribution in [0.3, 0.4) is 0 Å². The third-order valence-corrected chi connectivity index (χ3v) is 4.30. The number of fused-ring (bicyclic) bond motifs is 1. The number of ether oxygens (including phenoxy) is 1. The van der Waals surface area contributed by atoms with Gasteiger partial charge >= 0.3 is 0 Å². The van der Waals surface area contributed by atoms with Crippen molar-refractivity contribution in [1.29, 1.82) is 0 Å². The van der Waals surface area contributed by atoms with Crippen LogP contribution in [0, 0.1) is 0 Å². The molecule has 1 N–H and O–H groups in total. The molecular formula is C17H24N2O. The quantitative estimate of drug-likeness (QED) is 0.853. The molecular weight excluding hydrogens is 248 g/mol. The fraction of sp³-hybridized carbons (Fsp3) is 0.529. The molecule has 0 amide bonds. The maximum atomic E-state index is 5.21. The van der Waals surface area contributed by atoms with Crippen molar-refractivity contribution in [2.75, 3.05) is 38.7 Å². The van der Waals surface area contributed by atoms with Gasteiger partial charge in [-0.15, -0.1) is 0 Å². The molecule has 0 spiro atoms.